The topological polar surface area (TPSA) is 70.2 Å². The van der Waals surface area contributed by atoms with Crippen molar-refractivity contribution < 1.29 is 9.59 Å². The third-order valence-electron chi connectivity index (χ3n) is 3.35. The van der Waals surface area contributed by atoms with Crippen LogP contribution < -0.4 is 16.0 Å². The third-order valence-corrected chi connectivity index (χ3v) is 4.07. The number of hydrogen-bond acceptors (Lipinski definition) is 3. The van der Waals surface area contributed by atoms with E-state index in [2.05, 4.69) is 38.5 Å². The summed E-state index contributed by atoms with van der Waals surface area (Å²) in [6.07, 6.45) is 0.0755. The lowest BCUT2D eigenvalue weighted by Crippen LogP contribution is -2.41. The second-order valence-corrected chi connectivity index (χ2v) is 6.24. The van der Waals surface area contributed by atoms with Gasteiger partial charge in [0.1, 0.15) is 6.04 Å². The summed E-state index contributed by atoms with van der Waals surface area (Å²) in [5.74, 6) is -0.398. The highest BCUT2D eigenvalue weighted by Crippen LogP contribution is 2.26. The van der Waals surface area contributed by atoms with Crippen molar-refractivity contribution in [1.82, 2.24) is 0 Å². The Morgan fingerprint density at radius 3 is 2.50 bits per heavy atom. The van der Waals surface area contributed by atoms with Crippen LogP contribution in [0.25, 0.3) is 0 Å². The fourth-order valence-electron chi connectivity index (χ4n) is 2.27. The molecular weight excluding hydrogens is 393 g/mol. The molecule has 2 amide bonds. The summed E-state index contributed by atoms with van der Waals surface area (Å²) in [5.41, 5.74) is 2.29. The van der Waals surface area contributed by atoms with E-state index >= 15 is 0 Å². The molecule has 0 unspecified atom stereocenters. The van der Waals surface area contributed by atoms with Crippen LogP contribution in [0.4, 0.5) is 17.1 Å². The minimum Gasteiger partial charge on any atom is -0.372 e. The Morgan fingerprint density at radius 2 is 1.77 bits per heavy atom. The van der Waals surface area contributed by atoms with Gasteiger partial charge in [-0.3, -0.25) is 9.59 Å². The van der Waals surface area contributed by atoms with E-state index in [1.807, 2.05) is 48.5 Å². The summed E-state index contributed by atoms with van der Waals surface area (Å²) in [7, 11) is 0. The van der Waals surface area contributed by atoms with E-state index < -0.39 is 6.04 Å². The molecule has 0 aromatic heterocycles. The van der Waals surface area contributed by atoms with Crippen LogP contribution in [0.3, 0.4) is 0 Å². The Balaban J connectivity index is 1.64. The quantitative estimate of drug-likeness (QED) is 0.686. The lowest BCUT2D eigenvalue weighted by atomic mass is 10.1. The number of rotatable bonds is 3. The van der Waals surface area contributed by atoms with Crippen LogP contribution in [0.1, 0.15) is 6.42 Å². The molecule has 112 valence electrons. The minimum atomic E-state index is -0.571. The fraction of sp³-hybridized carbons (Fsp3) is 0.125. The zero-order valence-electron chi connectivity index (χ0n) is 11.6. The van der Waals surface area contributed by atoms with Gasteiger partial charge in [0.2, 0.25) is 11.8 Å². The van der Waals surface area contributed by atoms with Crippen LogP contribution in [0.2, 0.25) is 0 Å². The zero-order chi connectivity index (χ0) is 15.5. The molecule has 1 aliphatic heterocycles. The van der Waals surface area contributed by atoms with Crippen molar-refractivity contribution in [1.29, 1.82) is 0 Å². The van der Waals surface area contributed by atoms with Gasteiger partial charge in [-0.25, -0.2) is 0 Å². The molecule has 3 N–H and O–H groups in total. The molecular formula is C16H14IN3O2. The Kier molecular flexibility index (Phi) is 4.28. The first-order valence-corrected chi connectivity index (χ1v) is 7.91. The van der Waals surface area contributed by atoms with Crippen molar-refractivity contribution in [3.63, 3.8) is 0 Å². The van der Waals surface area contributed by atoms with Crippen molar-refractivity contribution in [3.8, 4) is 0 Å². The molecule has 5 nitrogen and oxygen atoms in total. The molecule has 22 heavy (non-hydrogen) atoms. The fourth-order valence-corrected chi connectivity index (χ4v) is 2.63. The molecule has 2 aromatic carbocycles. The molecule has 0 bridgehead atoms. The lowest BCUT2D eigenvalue weighted by molar-refractivity contribution is -0.122. The summed E-state index contributed by atoms with van der Waals surface area (Å²) < 4.78 is 1.10. The van der Waals surface area contributed by atoms with Gasteiger partial charge in [-0.05, 0) is 59.0 Å². The van der Waals surface area contributed by atoms with Crippen LogP contribution in [-0.2, 0) is 9.59 Å². The Bertz CT molecular complexity index is 716. The van der Waals surface area contributed by atoms with E-state index in [1.54, 1.807) is 0 Å². The largest absolute Gasteiger partial charge is 0.372 e. The number of amides is 2. The molecule has 0 saturated carbocycles. The maximum atomic E-state index is 12.1. The van der Waals surface area contributed by atoms with Gasteiger partial charge < -0.3 is 16.0 Å². The number of nitrogens with one attached hydrogen (secondary N) is 3. The number of hydrogen-bond donors (Lipinski definition) is 3. The number of para-hydroxylation sites is 2. The first kappa shape index (κ1) is 14.8. The monoisotopic (exact) mass is 407 g/mol. The van der Waals surface area contributed by atoms with Gasteiger partial charge in [0.05, 0.1) is 17.8 Å². The molecule has 3 rings (SSSR count). The van der Waals surface area contributed by atoms with Crippen molar-refractivity contribution in [3.05, 3.63) is 52.1 Å². The molecule has 0 spiro atoms. The SMILES string of the molecule is O=C(C[C@H]1Nc2ccccc2NC1=O)Nc1ccc(I)cc1. The van der Waals surface area contributed by atoms with E-state index in [4.69, 9.17) is 0 Å². The Hall–Kier alpha value is -2.09. The van der Waals surface area contributed by atoms with E-state index in [0.717, 1.165) is 20.6 Å². The molecule has 6 heteroatoms. The van der Waals surface area contributed by atoms with E-state index in [1.165, 1.54) is 0 Å². The highest BCUT2D eigenvalue weighted by molar-refractivity contribution is 14.1. The second-order valence-electron chi connectivity index (χ2n) is 4.99. The number of halogens is 1. The molecule has 1 aliphatic rings. The highest BCUT2D eigenvalue weighted by atomic mass is 127. The highest BCUT2D eigenvalue weighted by Gasteiger charge is 2.27. The first-order valence-electron chi connectivity index (χ1n) is 6.84. The average molecular weight is 407 g/mol. The molecule has 1 atom stereocenters. The molecule has 1 heterocycles. The van der Waals surface area contributed by atoms with Crippen LogP contribution in [0.15, 0.2) is 48.5 Å². The molecule has 0 aliphatic carbocycles. The van der Waals surface area contributed by atoms with Crippen molar-refractivity contribution in [2.45, 2.75) is 12.5 Å². The van der Waals surface area contributed by atoms with Crippen LogP contribution in [-0.4, -0.2) is 17.9 Å². The zero-order valence-corrected chi connectivity index (χ0v) is 13.8. The van der Waals surface area contributed by atoms with Gasteiger partial charge in [0.15, 0.2) is 0 Å². The van der Waals surface area contributed by atoms with Crippen LogP contribution >= 0.6 is 22.6 Å². The number of anilines is 3. The normalized spacial score (nSPS) is 16.2. The van der Waals surface area contributed by atoms with Crippen molar-refractivity contribution >= 4 is 51.5 Å². The summed E-state index contributed by atoms with van der Waals surface area (Å²) in [4.78, 5) is 24.1. The number of benzene rings is 2. The Labute approximate surface area is 141 Å². The Morgan fingerprint density at radius 1 is 1.09 bits per heavy atom. The maximum Gasteiger partial charge on any atom is 0.247 e. The number of carbonyl (C=O) groups excluding carboxylic acids is 2. The van der Waals surface area contributed by atoms with E-state index in [-0.39, 0.29) is 18.2 Å². The molecule has 0 saturated heterocycles. The van der Waals surface area contributed by atoms with Gasteiger partial charge >= 0.3 is 0 Å². The summed E-state index contributed by atoms with van der Waals surface area (Å²) in [6, 6.07) is 14.4. The molecule has 2 aromatic rings. The molecule has 0 radical (unpaired) electrons. The standard InChI is InChI=1S/C16H14IN3O2/c17-10-5-7-11(8-6-10)18-15(21)9-14-16(22)20-13-4-2-1-3-12(13)19-14/h1-8,14,19H,9H2,(H,18,21)(H,20,22)/t14-/m1/s1. The van der Waals surface area contributed by atoms with Gasteiger partial charge in [-0.15, -0.1) is 0 Å². The maximum absolute atomic E-state index is 12.1. The molecule has 0 fully saturated rings. The predicted octanol–water partition coefficient (Wildman–Crippen LogP) is 3.05. The first-order chi connectivity index (χ1) is 10.6. The average Bonchev–Trinajstić information content (AvgIpc) is 2.50. The van der Waals surface area contributed by atoms with Gasteiger partial charge in [0, 0.05) is 9.26 Å². The van der Waals surface area contributed by atoms with Crippen molar-refractivity contribution in [2.24, 2.45) is 0 Å². The van der Waals surface area contributed by atoms with Gasteiger partial charge in [-0.2, -0.15) is 0 Å². The van der Waals surface area contributed by atoms with Gasteiger partial charge in [0.25, 0.3) is 0 Å². The van der Waals surface area contributed by atoms with E-state index in [0.29, 0.717) is 0 Å². The summed E-state index contributed by atoms with van der Waals surface area (Å²) >= 11 is 2.20. The van der Waals surface area contributed by atoms with Crippen LogP contribution in [0.5, 0.6) is 0 Å². The number of fused-ring (bicyclic) bond motifs is 1. The number of carbonyl (C=O) groups is 2. The smallest absolute Gasteiger partial charge is 0.247 e. The summed E-state index contributed by atoms with van der Waals surface area (Å²) in [6.45, 7) is 0. The summed E-state index contributed by atoms with van der Waals surface area (Å²) in [5, 5.41) is 8.70. The lowest BCUT2D eigenvalue weighted by Gasteiger charge is -2.26. The van der Waals surface area contributed by atoms with Crippen molar-refractivity contribution in [2.75, 3.05) is 16.0 Å². The third kappa shape index (κ3) is 3.38. The van der Waals surface area contributed by atoms with E-state index in [9.17, 15) is 9.59 Å². The van der Waals surface area contributed by atoms with Gasteiger partial charge in [-0.1, -0.05) is 12.1 Å². The second kappa shape index (κ2) is 6.35. The van der Waals surface area contributed by atoms with Crippen LogP contribution in [0, 0.1) is 3.57 Å². The minimum absolute atomic E-state index is 0.0755. The predicted molar refractivity (Wildman–Crippen MR) is 94.9 cm³/mol.